The molecule has 1 fully saturated rings. The van der Waals surface area contributed by atoms with E-state index < -0.39 is 5.54 Å². The lowest BCUT2D eigenvalue weighted by molar-refractivity contribution is -0.156. The van der Waals surface area contributed by atoms with Gasteiger partial charge < -0.3 is 4.74 Å². The van der Waals surface area contributed by atoms with E-state index in [4.69, 9.17) is 4.74 Å². The van der Waals surface area contributed by atoms with Gasteiger partial charge in [0.15, 0.2) is 0 Å². The van der Waals surface area contributed by atoms with Crippen molar-refractivity contribution in [2.75, 3.05) is 13.2 Å². The minimum atomic E-state index is -0.503. The third-order valence-electron chi connectivity index (χ3n) is 3.98. The zero-order valence-corrected chi connectivity index (χ0v) is 12.0. The van der Waals surface area contributed by atoms with Crippen molar-refractivity contribution in [1.29, 1.82) is 0 Å². The van der Waals surface area contributed by atoms with Crippen LogP contribution in [0.5, 0.6) is 0 Å². The van der Waals surface area contributed by atoms with E-state index in [1.807, 2.05) is 13.0 Å². The summed E-state index contributed by atoms with van der Waals surface area (Å²) in [6.45, 7) is 11.1. The van der Waals surface area contributed by atoms with Crippen molar-refractivity contribution in [2.45, 2.75) is 52.0 Å². The molecule has 0 radical (unpaired) electrons. The van der Waals surface area contributed by atoms with Gasteiger partial charge in [-0.15, -0.1) is 6.58 Å². The summed E-state index contributed by atoms with van der Waals surface area (Å²) in [7, 11) is 0. The normalized spacial score (nSPS) is 28.1. The molecular formula is C15H27NO2. The Bertz CT molecular complexity index is 288. The van der Waals surface area contributed by atoms with Crippen molar-refractivity contribution in [3.63, 3.8) is 0 Å². The predicted molar refractivity (Wildman–Crippen MR) is 74.4 cm³/mol. The fourth-order valence-electron chi connectivity index (χ4n) is 3.16. The third kappa shape index (κ3) is 3.14. The molecule has 2 atom stereocenters. The Hall–Kier alpha value is -0.830. The predicted octanol–water partition coefficient (Wildman–Crippen LogP) is 2.91. The van der Waals surface area contributed by atoms with Gasteiger partial charge in [-0.05, 0) is 31.6 Å². The Morgan fingerprint density at radius 3 is 2.83 bits per heavy atom. The Kier molecular flexibility index (Phi) is 5.86. The minimum absolute atomic E-state index is 0.0785. The second-order valence-corrected chi connectivity index (χ2v) is 5.46. The van der Waals surface area contributed by atoms with Crippen LogP contribution in [0.25, 0.3) is 0 Å². The Labute approximate surface area is 111 Å². The molecule has 3 heteroatoms. The van der Waals surface area contributed by atoms with E-state index in [0.29, 0.717) is 25.0 Å². The highest BCUT2D eigenvalue weighted by atomic mass is 16.5. The maximum absolute atomic E-state index is 12.4. The first-order chi connectivity index (χ1) is 8.58. The van der Waals surface area contributed by atoms with Crippen LogP contribution in [0.3, 0.4) is 0 Å². The molecule has 0 heterocycles. The molecule has 0 amide bonds. The molecule has 18 heavy (non-hydrogen) atoms. The average Bonchev–Trinajstić information content (AvgIpc) is 2.36. The molecule has 3 nitrogen and oxygen atoms in total. The molecule has 1 aliphatic rings. The fraction of sp³-hybridized carbons (Fsp3) is 0.800. The van der Waals surface area contributed by atoms with Gasteiger partial charge in [-0.1, -0.05) is 32.8 Å². The van der Waals surface area contributed by atoms with Gasteiger partial charge in [0.25, 0.3) is 0 Å². The lowest BCUT2D eigenvalue weighted by atomic mass is 9.67. The van der Waals surface area contributed by atoms with Gasteiger partial charge in [-0.3, -0.25) is 10.1 Å². The second kappa shape index (κ2) is 6.93. The van der Waals surface area contributed by atoms with Gasteiger partial charge in [0.1, 0.15) is 5.54 Å². The highest BCUT2D eigenvalue weighted by molar-refractivity contribution is 5.81. The second-order valence-electron chi connectivity index (χ2n) is 5.46. The van der Waals surface area contributed by atoms with Crippen LogP contribution in [0.15, 0.2) is 12.7 Å². The van der Waals surface area contributed by atoms with E-state index in [0.717, 1.165) is 19.3 Å². The van der Waals surface area contributed by atoms with Crippen molar-refractivity contribution in [3.8, 4) is 0 Å². The van der Waals surface area contributed by atoms with Crippen LogP contribution in [-0.4, -0.2) is 24.7 Å². The van der Waals surface area contributed by atoms with E-state index in [-0.39, 0.29) is 5.97 Å². The molecule has 1 N–H and O–H groups in total. The molecule has 0 saturated heterocycles. The number of carbonyl (C=O) groups is 1. The van der Waals surface area contributed by atoms with E-state index in [1.165, 1.54) is 6.42 Å². The van der Waals surface area contributed by atoms with Crippen LogP contribution in [0.1, 0.15) is 46.5 Å². The molecule has 0 spiro atoms. The van der Waals surface area contributed by atoms with Crippen LogP contribution >= 0.6 is 0 Å². The SMILES string of the molecule is C=CCNC1(C(=O)OCC)CCCCC1C(C)C. The van der Waals surface area contributed by atoms with Crippen LogP contribution < -0.4 is 5.32 Å². The van der Waals surface area contributed by atoms with Crippen molar-refractivity contribution in [1.82, 2.24) is 5.32 Å². The summed E-state index contributed by atoms with van der Waals surface area (Å²) in [4.78, 5) is 12.4. The van der Waals surface area contributed by atoms with Crippen molar-refractivity contribution in [2.24, 2.45) is 11.8 Å². The van der Waals surface area contributed by atoms with E-state index in [1.54, 1.807) is 0 Å². The quantitative estimate of drug-likeness (QED) is 0.584. The summed E-state index contributed by atoms with van der Waals surface area (Å²) >= 11 is 0. The van der Waals surface area contributed by atoms with Crippen molar-refractivity contribution in [3.05, 3.63) is 12.7 Å². The summed E-state index contributed by atoms with van der Waals surface area (Å²) in [6, 6.07) is 0. The zero-order chi connectivity index (χ0) is 13.6. The van der Waals surface area contributed by atoms with Gasteiger partial charge >= 0.3 is 5.97 Å². The van der Waals surface area contributed by atoms with Gasteiger partial charge in [0.2, 0.25) is 0 Å². The third-order valence-corrected chi connectivity index (χ3v) is 3.98. The summed E-state index contributed by atoms with van der Waals surface area (Å²) in [5.41, 5.74) is -0.503. The molecule has 0 aromatic rings. The van der Waals surface area contributed by atoms with Crippen LogP contribution in [0.2, 0.25) is 0 Å². The van der Waals surface area contributed by atoms with Crippen LogP contribution in [0.4, 0.5) is 0 Å². The number of rotatable bonds is 6. The van der Waals surface area contributed by atoms with E-state index in [9.17, 15) is 4.79 Å². The van der Waals surface area contributed by atoms with Gasteiger partial charge in [0, 0.05) is 6.54 Å². The van der Waals surface area contributed by atoms with E-state index >= 15 is 0 Å². The minimum Gasteiger partial charge on any atom is -0.465 e. The van der Waals surface area contributed by atoms with Gasteiger partial charge in [-0.25, -0.2) is 0 Å². The van der Waals surface area contributed by atoms with Crippen molar-refractivity contribution >= 4 is 5.97 Å². The molecule has 2 unspecified atom stereocenters. The fourth-order valence-corrected chi connectivity index (χ4v) is 3.16. The first-order valence-electron chi connectivity index (χ1n) is 7.11. The zero-order valence-electron chi connectivity index (χ0n) is 12.0. The summed E-state index contributed by atoms with van der Waals surface area (Å²) in [5, 5.41) is 3.41. The van der Waals surface area contributed by atoms with E-state index in [2.05, 4.69) is 25.7 Å². The number of hydrogen-bond donors (Lipinski definition) is 1. The molecule has 0 aromatic heterocycles. The lowest BCUT2D eigenvalue weighted by Gasteiger charge is -2.44. The molecule has 1 rings (SSSR count). The Morgan fingerprint density at radius 1 is 1.56 bits per heavy atom. The highest BCUT2D eigenvalue weighted by Gasteiger charge is 2.48. The lowest BCUT2D eigenvalue weighted by Crippen LogP contribution is -2.60. The van der Waals surface area contributed by atoms with Gasteiger partial charge in [-0.2, -0.15) is 0 Å². The van der Waals surface area contributed by atoms with Crippen molar-refractivity contribution < 1.29 is 9.53 Å². The number of hydrogen-bond acceptors (Lipinski definition) is 3. The number of carbonyl (C=O) groups excluding carboxylic acids is 1. The summed E-state index contributed by atoms with van der Waals surface area (Å²) in [6.07, 6.45) is 6.09. The average molecular weight is 253 g/mol. The molecule has 0 bridgehead atoms. The van der Waals surface area contributed by atoms with Gasteiger partial charge in [0.05, 0.1) is 6.61 Å². The Morgan fingerprint density at radius 2 is 2.28 bits per heavy atom. The molecule has 1 aliphatic carbocycles. The number of esters is 1. The highest BCUT2D eigenvalue weighted by Crippen LogP contribution is 2.39. The molecule has 0 aromatic carbocycles. The molecular weight excluding hydrogens is 226 g/mol. The monoisotopic (exact) mass is 253 g/mol. The molecule has 104 valence electrons. The van der Waals surface area contributed by atoms with Crippen LogP contribution in [-0.2, 0) is 9.53 Å². The summed E-state index contributed by atoms with van der Waals surface area (Å²) < 4.78 is 5.33. The summed E-state index contributed by atoms with van der Waals surface area (Å²) in [5.74, 6) is 0.752. The molecule has 1 saturated carbocycles. The Balaban J connectivity index is 2.97. The maximum Gasteiger partial charge on any atom is 0.326 e. The first kappa shape index (κ1) is 15.2. The largest absolute Gasteiger partial charge is 0.465 e. The first-order valence-corrected chi connectivity index (χ1v) is 7.11. The number of ether oxygens (including phenoxy) is 1. The topological polar surface area (TPSA) is 38.3 Å². The smallest absolute Gasteiger partial charge is 0.326 e. The van der Waals surface area contributed by atoms with Crippen LogP contribution in [0, 0.1) is 11.8 Å². The number of nitrogens with one attached hydrogen (secondary N) is 1. The maximum atomic E-state index is 12.4. The molecule has 0 aliphatic heterocycles. The standard InChI is InChI=1S/C15H27NO2/c1-5-11-16-15(14(17)18-6-2)10-8-7-9-13(15)12(3)4/h5,12-13,16H,1,6-11H2,2-4H3.